The summed E-state index contributed by atoms with van der Waals surface area (Å²) in [7, 11) is 3.78. The Kier molecular flexibility index (Phi) is 8.78. The minimum absolute atomic E-state index is 0.161. The summed E-state index contributed by atoms with van der Waals surface area (Å²) in [6.07, 6.45) is 4.36. The van der Waals surface area contributed by atoms with Crippen molar-refractivity contribution in [2.45, 2.75) is 38.3 Å². The first kappa shape index (κ1) is 23.6. The zero-order valence-electron chi connectivity index (χ0n) is 17.7. The van der Waals surface area contributed by atoms with E-state index >= 15 is 0 Å². The number of fused-ring (bicyclic) bond motifs is 1. The van der Waals surface area contributed by atoms with Gasteiger partial charge in [-0.2, -0.15) is 0 Å². The molecule has 170 valence electrons. The number of carbonyl (C=O) groups is 2. The number of aryl methyl sites for hydroxylation is 1. The van der Waals surface area contributed by atoms with E-state index in [0.717, 1.165) is 23.4 Å². The molecule has 6 N–H and O–H groups in total. The molecule has 0 spiro atoms. The molecular weight excluding hydrogens is 406 g/mol. The SMILES string of the molecule is CN(C)c1ncnc2c1ncn2CCCCOC(=O)N[C@H](CCCNC(=N)N)C(=O)O. The fourth-order valence-corrected chi connectivity index (χ4v) is 2.88. The smallest absolute Gasteiger partial charge is 0.407 e. The number of aromatic nitrogens is 4. The Morgan fingerprint density at radius 2 is 2.06 bits per heavy atom. The number of amides is 1. The molecular formula is C18H29N9O4. The van der Waals surface area contributed by atoms with Crippen LogP contribution < -0.4 is 21.3 Å². The molecule has 0 bridgehead atoms. The lowest BCUT2D eigenvalue weighted by molar-refractivity contribution is -0.139. The van der Waals surface area contributed by atoms with E-state index in [4.69, 9.17) is 15.9 Å². The van der Waals surface area contributed by atoms with Gasteiger partial charge in [0.1, 0.15) is 12.4 Å². The first-order chi connectivity index (χ1) is 14.8. The molecule has 31 heavy (non-hydrogen) atoms. The highest BCUT2D eigenvalue weighted by Gasteiger charge is 2.20. The van der Waals surface area contributed by atoms with Crippen molar-refractivity contribution in [3.8, 4) is 0 Å². The van der Waals surface area contributed by atoms with Gasteiger partial charge in [-0.15, -0.1) is 0 Å². The number of alkyl carbamates (subject to hydrolysis) is 1. The number of nitrogens with zero attached hydrogens (tertiary/aromatic N) is 5. The number of carbonyl (C=O) groups excluding carboxylic acids is 1. The number of carboxylic acids is 1. The molecule has 0 saturated heterocycles. The fourth-order valence-electron chi connectivity index (χ4n) is 2.88. The van der Waals surface area contributed by atoms with Crippen LogP contribution in [0.1, 0.15) is 25.7 Å². The number of unbranched alkanes of at least 4 members (excludes halogenated alkanes) is 1. The predicted octanol–water partition coefficient (Wildman–Crippen LogP) is 0.115. The number of aliphatic carboxylic acids is 1. The highest BCUT2D eigenvalue weighted by molar-refractivity contribution is 5.83. The number of nitrogens with two attached hydrogens (primary N) is 1. The molecule has 13 heteroatoms. The van der Waals surface area contributed by atoms with Gasteiger partial charge in [0, 0.05) is 27.2 Å². The van der Waals surface area contributed by atoms with Gasteiger partial charge < -0.3 is 35.7 Å². The van der Waals surface area contributed by atoms with E-state index in [-0.39, 0.29) is 19.0 Å². The Morgan fingerprint density at radius 3 is 2.74 bits per heavy atom. The summed E-state index contributed by atoms with van der Waals surface area (Å²) in [5.41, 5.74) is 6.62. The number of nitrogens with one attached hydrogen (secondary N) is 3. The van der Waals surface area contributed by atoms with Crippen molar-refractivity contribution in [2.75, 3.05) is 32.1 Å². The van der Waals surface area contributed by atoms with Crippen LogP contribution in [-0.2, 0) is 16.1 Å². The Balaban J connectivity index is 1.71. The zero-order chi connectivity index (χ0) is 22.8. The Labute approximate surface area is 179 Å². The van der Waals surface area contributed by atoms with Crippen molar-refractivity contribution in [1.29, 1.82) is 5.41 Å². The van der Waals surface area contributed by atoms with Gasteiger partial charge in [-0.25, -0.2) is 24.5 Å². The van der Waals surface area contributed by atoms with Crippen LogP contribution in [-0.4, -0.2) is 75.9 Å². The van der Waals surface area contributed by atoms with Crippen LogP contribution in [0.3, 0.4) is 0 Å². The molecule has 0 aliphatic heterocycles. The number of hydrogen-bond donors (Lipinski definition) is 5. The maximum Gasteiger partial charge on any atom is 0.407 e. The normalized spacial score (nSPS) is 11.7. The molecule has 1 amide bonds. The van der Waals surface area contributed by atoms with Gasteiger partial charge in [-0.3, -0.25) is 5.41 Å². The second-order valence-corrected chi connectivity index (χ2v) is 7.06. The van der Waals surface area contributed by atoms with E-state index in [2.05, 4.69) is 25.6 Å². The molecule has 0 unspecified atom stereocenters. The van der Waals surface area contributed by atoms with Gasteiger partial charge in [-0.05, 0) is 25.7 Å². The van der Waals surface area contributed by atoms with Gasteiger partial charge in [0.2, 0.25) is 0 Å². The lowest BCUT2D eigenvalue weighted by atomic mass is 10.1. The third-order valence-corrected chi connectivity index (χ3v) is 4.41. The molecule has 0 fully saturated rings. The van der Waals surface area contributed by atoms with E-state index in [1.807, 2.05) is 23.6 Å². The maximum absolute atomic E-state index is 11.9. The fraction of sp³-hybridized carbons (Fsp3) is 0.556. The Bertz CT molecular complexity index is 899. The van der Waals surface area contributed by atoms with Crippen LogP contribution in [0.4, 0.5) is 10.6 Å². The molecule has 0 aliphatic rings. The molecule has 0 radical (unpaired) electrons. The summed E-state index contributed by atoms with van der Waals surface area (Å²) in [6, 6.07) is -1.07. The van der Waals surface area contributed by atoms with Crippen molar-refractivity contribution in [3.63, 3.8) is 0 Å². The van der Waals surface area contributed by atoms with E-state index < -0.39 is 18.1 Å². The second kappa shape index (κ2) is 11.5. The molecule has 2 rings (SSSR count). The summed E-state index contributed by atoms with van der Waals surface area (Å²) < 4.78 is 7.00. The standard InChI is InChI=1S/C18H29N9O4/c1-26(2)14-13-15(23-10-22-14)27(11-24-13)8-3-4-9-31-18(30)25-12(16(28)29)6-5-7-21-17(19)20/h10-12H,3-9H2,1-2H3,(H,25,30)(H,28,29)(H4,19,20,21)/t12-/m1/s1. The first-order valence-electron chi connectivity index (χ1n) is 9.86. The average Bonchev–Trinajstić information content (AvgIpc) is 3.12. The van der Waals surface area contributed by atoms with Crippen LogP contribution >= 0.6 is 0 Å². The minimum Gasteiger partial charge on any atom is -0.480 e. The number of rotatable bonds is 12. The van der Waals surface area contributed by atoms with Gasteiger partial charge >= 0.3 is 12.1 Å². The number of carboxylic acid groups (broad SMARTS) is 1. The van der Waals surface area contributed by atoms with Crippen LogP contribution in [0.5, 0.6) is 0 Å². The van der Waals surface area contributed by atoms with E-state index in [0.29, 0.717) is 25.9 Å². The third-order valence-electron chi connectivity index (χ3n) is 4.41. The van der Waals surface area contributed by atoms with Gasteiger partial charge in [-0.1, -0.05) is 0 Å². The molecule has 0 aliphatic carbocycles. The van der Waals surface area contributed by atoms with Gasteiger partial charge in [0.05, 0.1) is 12.9 Å². The van der Waals surface area contributed by atoms with Crippen molar-refractivity contribution in [2.24, 2.45) is 5.73 Å². The number of ether oxygens (including phenoxy) is 1. The number of hydrogen-bond acceptors (Lipinski definition) is 8. The Hall–Kier alpha value is -3.64. The molecule has 2 heterocycles. The number of guanidine groups is 1. The number of imidazole rings is 1. The quantitative estimate of drug-likeness (QED) is 0.174. The van der Waals surface area contributed by atoms with Crippen molar-refractivity contribution >= 4 is 35.0 Å². The van der Waals surface area contributed by atoms with Crippen LogP contribution in [0.15, 0.2) is 12.7 Å². The summed E-state index contributed by atoms with van der Waals surface area (Å²) in [5, 5.41) is 21.2. The van der Waals surface area contributed by atoms with Crippen LogP contribution in [0.25, 0.3) is 11.2 Å². The summed E-state index contributed by atoms with van der Waals surface area (Å²) in [4.78, 5) is 37.9. The largest absolute Gasteiger partial charge is 0.480 e. The third kappa shape index (κ3) is 7.28. The lowest BCUT2D eigenvalue weighted by Crippen LogP contribution is -2.42. The van der Waals surface area contributed by atoms with Gasteiger partial charge in [0.25, 0.3) is 0 Å². The lowest BCUT2D eigenvalue weighted by Gasteiger charge is -2.14. The van der Waals surface area contributed by atoms with Gasteiger partial charge in [0.15, 0.2) is 22.9 Å². The first-order valence-corrected chi connectivity index (χ1v) is 9.86. The molecule has 2 aromatic heterocycles. The molecule has 13 nitrogen and oxygen atoms in total. The molecule has 0 saturated carbocycles. The monoisotopic (exact) mass is 435 g/mol. The van der Waals surface area contributed by atoms with Crippen molar-refractivity contribution in [3.05, 3.63) is 12.7 Å². The van der Waals surface area contributed by atoms with Crippen LogP contribution in [0.2, 0.25) is 0 Å². The summed E-state index contributed by atoms with van der Waals surface area (Å²) in [5.74, 6) is -0.590. The molecule has 1 atom stereocenters. The minimum atomic E-state index is -1.15. The zero-order valence-corrected chi connectivity index (χ0v) is 17.7. The van der Waals surface area contributed by atoms with E-state index in [1.54, 1.807) is 6.33 Å². The predicted molar refractivity (Wildman–Crippen MR) is 114 cm³/mol. The van der Waals surface area contributed by atoms with Crippen LogP contribution in [0, 0.1) is 5.41 Å². The highest BCUT2D eigenvalue weighted by atomic mass is 16.5. The highest BCUT2D eigenvalue weighted by Crippen LogP contribution is 2.19. The Morgan fingerprint density at radius 1 is 1.29 bits per heavy atom. The van der Waals surface area contributed by atoms with E-state index in [9.17, 15) is 14.7 Å². The van der Waals surface area contributed by atoms with Crippen molar-refractivity contribution < 1.29 is 19.4 Å². The van der Waals surface area contributed by atoms with E-state index in [1.165, 1.54) is 6.33 Å². The van der Waals surface area contributed by atoms with Crippen molar-refractivity contribution in [1.82, 2.24) is 30.2 Å². The summed E-state index contributed by atoms with van der Waals surface area (Å²) in [6.45, 7) is 1.15. The summed E-state index contributed by atoms with van der Waals surface area (Å²) >= 11 is 0. The molecule has 2 aromatic rings. The average molecular weight is 435 g/mol. The second-order valence-electron chi connectivity index (χ2n) is 7.06. The maximum atomic E-state index is 11.9. The topological polar surface area (TPSA) is 184 Å². The number of anilines is 1. The molecule has 0 aromatic carbocycles.